The van der Waals surface area contributed by atoms with Gasteiger partial charge in [0.25, 0.3) is 0 Å². The van der Waals surface area contributed by atoms with Crippen LogP contribution in [-0.2, 0) is 20.8 Å². The summed E-state index contributed by atoms with van der Waals surface area (Å²) in [6.45, 7) is 17.3. The second-order valence-electron chi connectivity index (χ2n) is 10.9. The van der Waals surface area contributed by atoms with E-state index in [-0.39, 0.29) is 0 Å². The standard InChI is InChI=1S/2C18H17.C2H6Si.2ClH.Zr/c2*1-12-7-8-14(3)17(10-12)16-6-4-5-15-9-13(2)11-18(15)16;1-3-2;;;/h2*4-11H,1-3H3;1-2H3;2*1H;/q2*-1;;;;+4/p-2. The minimum absolute atomic E-state index is 0.826. The van der Waals surface area contributed by atoms with Gasteiger partial charge in [0.1, 0.15) is 0 Å². The van der Waals surface area contributed by atoms with Crippen molar-refractivity contribution >= 4 is 48.1 Å². The van der Waals surface area contributed by atoms with Crippen molar-refractivity contribution in [2.75, 3.05) is 0 Å². The van der Waals surface area contributed by atoms with E-state index < -0.39 is 20.8 Å². The summed E-state index contributed by atoms with van der Waals surface area (Å²) < 4.78 is 0. The van der Waals surface area contributed by atoms with Crippen molar-refractivity contribution in [3.8, 4) is 22.3 Å². The van der Waals surface area contributed by atoms with Crippen LogP contribution >= 0.6 is 17.0 Å². The first-order chi connectivity index (χ1) is 20.1. The topological polar surface area (TPSA) is 0 Å². The second-order valence-corrected chi connectivity index (χ2v) is 15.6. The molecule has 0 saturated carbocycles. The summed E-state index contributed by atoms with van der Waals surface area (Å²) in [5, 5.41) is 5.41. The summed E-state index contributed by atoms with van der Waals surface area (Å²) >= 11 is -0.826. The van der Waals surface area contributed by atoms with Gasteiger partial charge in [-0.05, 0) is 49.9 Å². The van der Waals surface area contributed by atoms with E-state index in [0.717, 1.165) is 9.52 Å². The van der Waals surface area contributed by atoms with Gasteiger partial charge in [0.2, 0.25) is 0 Å². The van der Waals surface area contributed by atoms with Gasteiger partial charge in [0, 0.05) is 9.52 Å². The van der Waals surface area contributed by atoms with Crippen LogP contribution in [0.1, 0.15) is 33.4 Å². The summed E-state index contributed by atoms with van der Waals surface area (Å²) in [5.41, 5.74) is 13.4. The predicted octanol–water partition coefficient (Wildman–Crippen LogP) is 12.5. The second kappa shape index (κ2) is 16.6. The average Bonchev–Trinajstić information content (AvgIpc) is 3.53. The monoisotopic (exact) mass is 684 g/mol. The van der Waals surface area contributed by atoms with Crippen LogP contribution in [0.3, 0.4) is 0 Å². The molecule has 0 unspecified atom stereocenters. The fourth-order valence-electron chi connectivity index (χ4n) is 5.29. The van der Waals surface area contributed by atoms with E-state index in [4.69, 9.17) is 17.0 Å². The van der Waals surface area contributed by atoms with Crippen LogP contribution in [0.2, 0.25) is 13.1 Å². The number of aryl methyl sites for hydroxylation is 6. The Bertz CT molecular complexity index is 1610. The third-order valence-electron chi connectivity index (χ3n) is 7.16. The molecule has 0 spiro atoms. The molecule has 0 aliphatic carbocycles. The fourth-order valence-corrected chi connectivity index (χ4v) is 5.29. The Morgan fingerprint density at radius 3 is 1.24 bits per heavy atom. The molecule has 0 N–H and O–H groups in total. The summed E-state index contributed by atoms with van der Waals surface area (Å²) in [6.07, 6.45) is 0. The van der Waals surface area contributed by atoms with Gasteiger partial charge < -0.3 is 0 Å². The molecule has 2 radical (unpaired) electrons. The van der Waals surface area contributed by atoms with Crippen molar-refractivity contribution < 1.29 is 20.8 Å². The van der Waals surface area contributed by atoms with Gasteiger partial charge in [-0.2, -0.15) is 12.1 Å². The molecule has 0 fully saturated rings. The Morgan fingerprint density at radius 2 is 0.881 bits per heavy atom. The summed E-state index contributed by atoms with van der Waals surface area (Å²) in [6, 6.07) is 35.5. The number of benzene rings is 4. The predicted molar refractivity (Wildman–Crippen MR) is 188 cm³/mol. The third kappa shape index (κ3) is 8.90. The fraction of sp³-hybridized carbons (Fsp3) is 0.211. The van der Waals surface area contributed by atoms with Crippen LogP contribution in [0, 0.1) is 41.5 Å². The van der Waals surface area contributed by atoms with Crippen LogP contribution in [0.15, 0.2) is 97.1 Å². The molecule has 6 aromatic carbocycles. The number of fused-ring (bicyclic) bond motifs is 2. The van der Waals surface area contributed by atoms with Gasteiger partial charge >= 0.3 is 37.9 Å². The van der Waals surface area contributed by atoms with Crippen molar-refractivity contribution in [2.45, 2.75) is 54.6 Å². The molecule has 214 valence electrons. The molecule has 42 heavy (non-hydrogen) atoms. The zero-order valence-corrected chi connectivity index (χ0v) is 31.0. The molecule has 0 aliphatic heterocycles. The Labute approximate surface area is 274 Å². The Kier molecular flexibility index (Phi) is 13.5. The van der Waals surface area contributed by atoms with E-state index in [0.29, 0.717) is 0 Å². The normalized spacial score (nSPS) is 10.1. The van der Waals surface area contributed by atoms with Gasteiger partial charge in [-0.3, -0.25) is 0 Å². The first kappa shape index (κ1) is 34.3. The summed E-state index contributed by atoms with van der Waals surface area (Å²) in [5.74, 6) is 0. The quantitative estimate of drug-likeness (QED) is 0.126. The molecule has 0 aliphatic rings. The average molecular weight is 687 g/mol. The van der Waals surface area contributed by atoms with E-state index in [9.17, 15) is 0 Å². The molecule has 6 aromatic rings. The first-order valence-corrected chi connectivity index (χ1v) is 22.5. The first-order valence-electron chi connectivity index (χ1n) is 14.2. The van der Waals surface area contributed by atoms with Crippen molar-refractivity contribution in [3.63, 3.8) is 0 Å². The van der Waals surface area contributed by atoms with Gasteiger partial charge in [0.15, 0.2) is 0 Å². The summed E-state index contributed by atoms with van der Waals surface area (Å²) in [7, 11) is 11.0. The molecule has 6 rings (SSSR count). The third-order valence-corrected chi connectivity index (χ3v) is 7.16. The Balaban J connectivity index is 0.000000195. The van der Waals surface area contributed by atoms with Crippen LogP contribution in [0.25, 0.3) is 43.8 Å². The zero-order chi connectivity index (χ0) is 30.8. The van der Waals surface area contributed by atoms with Gasteiger partial charge in [0.05, 0.1) is 0 Å². The molecule has 0 saturated heterocycles. The number of halogens is 2. The number of hydrogen-bond donors (Lipinski definition) is 0. The van der Waals surface area contributed by atoms with E-state index in [1.165, 1.54) is 77.2 Å². The Morgan fingerprint density at radius 1 is 0.524 bits per heavy atom. The van der Waals surface area contributed by atoms with Gasteiger partial charge in [-0.25, -0.2) is 0 Å². The van der Waals surface area contributed by atoms with Crippen LogP contribution in [-0.4, -0.2) is 9.52 Å². The molecule has 0 atom stereocenters. The number of hydrogen-bond acceptors (Lipinski definition) is 0. The Hall–Kier alpha value is -2.22. The van der Waals surface area contributed by atoms with Crippen LogP contribution in [0.5, 0.6) is 0 Å². The molecule has 4 heteroatoms. The maximum atomic E-state index is 4.93. The molecule has 0 amide bonds. The zero-order valence-electron chi connectivity index (χ0n) is 26.0. The van der Waals surface area contributed by atoms with Crippen molar-refractivity contribution in [1.29, 1.82) is 0 Å². The molecule has 0 heterocycles. The molecule has 0 nitrogen and oxygen atoms in total. The molecular formula is C38H40Cl2SiZr. The molecular weight excluding hydrogens is 647 g/mol. The minimum atomic E-state index is -0.826. The van der Waals surface area contributed by atoms with Crippen LogP contribution in [0.4, 0.5) is 0 Å². The summed E-state index contributed by atoms with van der Waals surface area (Å²) in [4.78, 5) is 0. The van der Waals surface area contributed by atoms with Gasteiger partial charge in [-0.1, -0.05) is 97.7 Å². The van der Waals surface area contributed by atoms with E-state index >= 15 is 0 Å². The van der Waals surface area contributed by atoms with Crippen molar-refractivity contribution in [3.05, 3.63) is 130 Å². The van der Waals surface area contributed by atoms with E-state index in [1.807, 2.05) is 0 Å². The SMILES string of the molecule is C[Si]C.Cc1ccc(C)c(-c2cccc3[cH-]c(C)cc23)c1.Cc1ccc(C)c(-c2cccc3[cH-]c(C)cc23)c1.[Cl][Zr+2][Cl]. The van der Waals surface area contributed by atoms with E-state index in [2.05, 4.69) is 152 Å². The van der Waals surface area contributed by atoms with Crippen molar-refractivity contribution in [2.24, 2.45) is 0 Å². The van der Waals surface area contributed by atoms with E-state index in [1.54, 1.807) is 0 Å². The van der Waals surface area contributed by atoms with Gasteiger partial charge in [-0.15, -0.1) is 69.1 Å². The van der Waals surface area contributed by atoms with Crippen molar-refractivity contribution in [1.82, 2.24) is 0 Å². The molecule has 0 aromatic heterocycles. The maximum absolute atomic E-state index is 4.93. The molecule has 0 bridgehead atoms. The number of rotatable bonds is 2. The van der Waals surface area contributed by atoms with Crippen LogP contribution < -0.4 is 0 Å².